The van der Waals surface area contributed by atoms with E-state index in [1.54, 1.807) is 26.1 Å². The Kier molecular flexibility index (Phi) is 6.91. The summed E-state index contributed by atoms with van der Waals surface area (Å²) in [5.41, 5.74) is 3.76. The van der Waals surface area contributed by atoms with Gasteiger partial charge in [-0.15, -0.1) is 0 Å². The third kappa shape index (κ3) is 6.29. The Balaban J connectivity index is 1.94. The fourth-order valence-electron chi connectivity index (χ4n) is 3.00. The van der Waals surface area contributed by atoms with Crippen LogP contribution in [-0.2, 0) is 16.6 Å². The van der Waals surface area contributed by atoms with Crippen LogP contribution in [0.3, 0.4) is 0 Å². The van der Waals surface area contributed by atoms with Crippen molar-refractivity contribution in [2.75, 3.05) is 10.0 Å². The molecule has 2 aromatic carbocycles. The first-order valence-electron chi connectivity index (χ1n) is 9.97. The van der Waals surface area contributed by atoms with Crippen LogP contribution in [0.5, 0.6) is 0 Å². The molecule has 1 heterocycles. The van der Waals surface area contributed by atoms with E-state index in [9.17, 15) is 13.2 Å². The molecular formula is C23H27N4O3S+. The Morgan fingerprint density at radius 2 is 1.74 bits per heavy atom. The van der Waals surface area contributed by atoms with Gasteiger partial charge >= 0.3 is 15.3 Å². The molecule has 3 aromatic rings. The van der Waals surface area contributed by atoms with Gasteiger partial charge in [0.05, 0.1) is 5.69 Å². The molecule has 1 amide bonds. The number of hydrogen-bond acceptors (Lipinski definition) is 4. The average molecular weight is 440 g/mol. The molecule has 0 aliphatic rings. The molecule has 0 aliphatic carbocycles. The molecule has 31 heavy (non-hydrogen) atoms. The minimum Gasteiger partial charge on any atom is -0.353 e. The highest BCUT2D eigenvalue weighted by molar-refractivity contribution is 8.07. The fraction of sp³-hybridized carbons (Fsp3) is 0.217. The monoisotopic (exact) mass is 439 g/mol. The van der Waals surface area contributed by atoms with E-state index in [1.165, 1.54) is 0 Å². The third-order valence-electron chi connectivity index (χ3n) is 4.42. The van der Waals surface area contributed by atoms with E-state index >= 15 is 0 Å². The van der Waals surface area contributed by atoms with Gasteiger partial charge < -0.3 is 10.6 Å². The number of nitrogens with zero attached hydrogens (tertiary/aromatic N) is 1. The van der Waals surface area contributed by atoms with Gasteiger partial charge in [-0.25, -0.2) is 0 Å². The number of benzene rings is 2. The van der Waals surface area contributed by atoms with Gasteiger partial charge in [0.2, 0.25) is 0 Å². The van der Waals surface area contributed by atoms with E-state index in [4.69, 9.17) is 0 Å². The second-order valence-electron chi connectivity index (χ2n) is 7.62. The predicted octanol–water partition coefficient (Wildman–Crippen LogP) is 3.93. The Labute approximate surface area is 183 Å². The van der Waals surface area contributed by atoms with Crippen molar-refractivity contribution >= 4 is 32.3 Å². The number of sulfonamides is 1. The largest absolute Gasteiger partial charge is 0.357 e. The van der Waals surface area contributed by atoms with Crippen LogP contribution in [-0.4, -0.2) is 19.7 Å². The van der Waals surface area contributed by atoms with Crippen LogP contribution in [0.25, 0.3) is 0 Å². The van der Waals surface area contributed by atoms with Gasteiger partial charge in [0.1, 0.15) is 5.69 Å². The van der Waals surface area contributed by atoms with Crippen LogP contribution in [0.15, 0.2) is 73.1 Å². The first kappa shape index (κ1) is 22.3. The number of amides is 1. The second kappa shape index (κ2) is 9.61. The number of hydrogen-bond donors (Lipinski definition) is 3. The number of aromatic nitrogens is 1. The standard InChI is InChI=1S/C23H26N4O3S/c1-17(2)24-23(28)31(29,30)26-22-16-27(15-19-9-5-4-6-10-19)13-12-21(22)25-20-11-7-8-18(3)14-20/h4-14,16-17,26H,15H2,1-3H3,(H,24,28)/p+1. The first-order chi connectivity index (χ1) is 14.7. The Bertz CT molecular complexity index is 1160. The summed E-state index contributed by atoms with van der Waals surface area (Å²) in [5, 5.41) is 4.59. The summed E-state index contributed by atoms with van der Waals surface area (Å²) in [5.74, 6) is 0. The number of rotatable bonds is 7. The maximum Gasteiger partial charge on any atom is 0.357 e. The molecule has 0 radical (unpaired) electrons. The van der Waals surface area contributed by atoms with Gasteiger partial charge in [-0.2, -0.15) is 13.0 Å². The predicted molar refractivity (Wildman–Crippen MR) is 123 cm³/mol. The highest BCUT2D eigenvalue weighted by Crippen LogP contribution is 2.25. The van der Waals surface area contributed by atoms with Gasteiger partial charge in [0.25, 0.3) is 0 Å². The first-order valence-corrected chi connectivity index (χ1v) is 11.5. The zero-order valence-corrected chi connectivity index (χ0v) is 18.6. The number of aryl methyl sites for hydroxylation is 1. The minimum absolute atomic E-state index is 0.277. The molecular weight excluding hydrogens is 412 g/mol. The van der Waals surface area contributed by atoms with Gasteiger partial charge in [0.15, 0.2) is 18.9 Å². The van der Waals surface area contributed by atoms with Crippen LogP contribution in [0.2, 0.25) is 0 Å². The van der Waals surface area contributed by atoms with Crippen LogP contribution < -0.4 is 19.9 Å². The lowest BCUT2D eigenvalue weighted by Gasteiger charge is -2.14. The van der Waals surface area contributed by atoms with E-state index in [-0.39, 0.29) is 11.7 Å². The maximum absolute atomic E-state index is 12.6. The number of carbonyl (C=O) groups excluding carboxylic acids is 1. The van der Waals surface area contributed by atoms with Crippen molar-refractivity contribution in [2.24, 2.45) is 0 Å². The van der Waals surface area contributed by atoms with E-state index in [0.29, 0.717) is 12.2 Å². The highest BCUT2D eigenvalue weighted by Gasteiger charge is 2.25. The lowest BCUT2D eigenvalue weighted by atomic mass is 10.2. The molecule has 3 rings (SSSR count). The second-order valence-corrected chi connectivity index (χ2v) is 9.20. The highest BCUT2D eigenvalue weighted by atomic mass is 32.2. The summed E-state index contributed by atoms with van der Waals surface area (Å²) in [6.45, 7) is 5.94. The summed E-state index contributed by atoms with van der Waals surface area (Å²) in [6.07, 6.45) is 3.53. The smallest absolute Gasteiger partial charge is 0.353 e. The Morgan fingerprint density at radius 3 is 2.42 bits per heavy atom. The zero-order chi connectivity index (χ0) is 22.4. The molecule has 0 spiro atoms. The molecule has 0 atom stereocenters. The van der Waals surface area contributed by atoms with E-state index in [1.807, 2.05) is 72.3 Å². The quantitative estimate of drug-likeness (QED) is 0.487. The van der Waals surface area contributed by atoms with Crippen molar-refractivity contribution in [3.8, 4) is 0 Å². The van der Waals surface area contributed by atoms with Crippen molar-refractivity contribution in [1.82, 2.24) is 5.32 Å². The van der Waals surface area contributed by atoms with Gasteiger partial charge in [0, 0.05) is 23.4 Å². The van der Waals surface area contributed by atoms with Crippen LogP contribution >= 0.6 is 0 Å². The summed E-state index contributed by atoms with van der Waals surface area (Å²) in [7, 11) is -4.27. The van der Waals surface area contributed by atoms with Crippen molar-refractivity contribution in [3.63, 3.8) is 0 Å². The molecule has 0 bridgehead atoms. The van der Waals surface area contributed by atoms with Crippen LogP contribution in [0.1, 0.15) is 25.0 Å². The number of nitrogens with one attached hydrogen (secondary N) is 3. The van der Waals surface area contributed by atoms with Gasteiger partial charge in [-0.05, 0) is 38.5 Å². The number of pyridine rings is 1. The third-order valence-corrected chi connectivity index (χ3v) is 5.51. The van der Waals surface area contributed by atoms with Crippen molar-refractivity contribution < 1.29 is 17.8 Å². The van der Waals surface area contributed by atoms with Gasteiger partial charge in [-0.3, -0.25) is 9.52 Å². The van der Waals surface area contributed by atoms with Crippen molar-refractivity contribution in [3.05, 3.63) is 84.2 Å². The topological polar surface area (TPSA) is 91.2 Å². The van der Waals surface area contributed by atoms with Crippen molar-refractivity contribution in [1.29, 1.82) is 0 Å². The molecule has 7 nitrogen and oxygen atoms in total. The lowest BCUT2D eigenvalue weighted by molar-refractivity contribution is -0.687. The molecule has 162 valence electrons. The van der Waals surface area contributed by atoms with E-state index < -0.39 is 15.3 Å². The normalized spacial score (nSPS) is 11.2. The van der Waals surface area contributed by atoms with Crippen LogP contribution in [0, 0.1) is 6.92 Å². The summed E-state index contributed by atoms with van der Waals surface area (Å²) >= 11 is 0. The zero-order valence-electron chi connectivity index (χ0n) is 17.8. The summed E-state index contributed by atoms with van der Waals surface area (Å²) < 4.78 is 29.5. The molecule has 1 aromatic heterocycles. The maximum atomic E-state index is 12.6. The molecule has 8 heteroatoms. The van der Waals surface area contributed by atoms with Crippen LogP contribution in [0.4, 0.5) is 21.9 Å². The molecule has 0 aliphatic heterocycles. The van der Waals surface area contributed by atoms with E-state index in [0.717, 1.165) is 16.8 Å². The number of carbonyl (C=O) groups is 1. The molecule has 3 N–H and O–H groups in total. The molecule has 0 fully saturated rings. The molecule has 0 unspecified atom stereocenters. The number of anilines is 3. The Hall–Kier alpha value is -3.39. The van der Waals surface area contributed by atoms with E-state index in [2.05, 4.69) is 15.4 Å². The fourth-order valence-corrected chi connectivity index (χ4v) is 3.94. The molecule has 0 saturated heterocycles. The SMILES string of the molecule is Cc1cccc(Nc2cc[n+](Cc3ccccc3)cc2NS(=O)(=O)C(=O)NC(C)C)c1. The minimum atomic E-state index is -4.27. The Morgan fingerprint density at radius 1 is 1.00 bits per heavy atom. The van der Waals surface area contributed by atoms with Gasteiger partial charge in [-0.1, -0.05) is 42.5 Å². The van der Waals surface area contributed by atoms with Crippen molar-refractivity contribution in [2.45, 2.75) is 33.4 Å². The molecule has 0 saturated carbocycles. The lowest BCUT2D eigenvalue weighted by Crippen LogP contribution is -2.39. The summed E-state index contributed by atoms with van der Waals surface area (Å²) in [6, 6.07) is 19.0. The average Bonchev–Trinajstić information content (AvgIpc) is 2.70. The summed E-state index contributed by atoms with van der Waals surface area (Å²) in [4.78, 5) is 12.2.